The molecule has 23 heavy (non-hydrogen) atoms. The normalized spacial score (nSPS) is 11.1. The van der Waals surface area contributed by atoms with Gasteiger partial charge in [0.1, 0.15) is 0 Å². The summed E-state index contributed by atoms with van der Waals surface area (Å²) in [5.74, 6) is -2.15. The standard InChI is InChI=1S/C15H16FN3O4/c1-15(2,14(21)22)19-8-10(7-17-19)18-13(20)9-4-5-11(16)12(6-9)23-3/h4-8H,1-3H3,(H,18,20)(H,21,22). The van der Waals surface area contributed by atoms with E-state index in [1.54, 1.807) is 0 Å². The predicted octanol–water partition coefficient (Wildman–Crippen LogP) is 2.10. The van der Waals surface area contributed by atoms with Gasteiger partial charge in [-0.3, -0.25) is 9.48 Å². The van der Waals surface area contributed by atoms with Crippen LogP contribution < -0.4 is 10.1 Å². The highest BCUT2D eigenvalue weighted by molar-refractivity contribution is 6.04. The lowest BCUT2D eigenvalue weighted by molar-refractivity contribution is -0.146. The Morgan fingerprint density at radius 2 is 2.09 bits per heavy atom. The van der Waals surface area contributed by atoms with Crippen LogP contribution in [0.3, 0.4) is 0 Å². The molecule has 0 aliphatic rings. The topological polar surface area (TPSA) is 93.5 Å². The molecule has 2 rings (SSSR count). The number of carbonyl (C=O) groups excluding carboxylic acids is 1. The number of benzene rings is 1. The molecule has 0 radical (unpaired) electrons. The maximum Gasteiger partial charge on any atom is 0.331 e. The fourth-order valence-corrected chi connectivity index (χ4v) is 1.80. The first-order valence-electron chi connectivity index (χ1n) is 6.69. The average molecular weight is 321 g/mol. The van der Waals surface area contributed by atoms with Crippen LogP contribution in [0.4, 0.5) is 10.1 Å². The van der Waals surface area contributed by atoms with Gasteiger partial charge in [0.15, 0.2) is 17.1 Å². The van der Waals surface area contributed by atoms with E-state index in [9.17, 15) is 14.0 Å². The number of nitrogens with one attached hydrogen (secondary N) is 1. The zero-order valence-corrected chi connectivity index (χ0v) is 12.8. The first-order valence-corrected chi connectivity index (χ1v) is 6.69. The molecule has 0 bridgehead atoms. The number of carboxylic acid groups (broad SMARTS) is 1. The number of hydrogen-bond donors (Lipinski definition) is 2. The molecule has 122 valence electrons. The third-order valence-corrected chi connectivity index (χ3v) is 3.35. The van der Waals surface area contributed by atoms with Crippen LogP contribution in [-0.4, -0.2) is 33.9 Å². The van der Waals surface area contributed by atoms with E-state index in [1.807, 2.05) is 0 Å². The Morgan fingerprint density at radius 1 is 1.39 bits per heavy atom. The molecule has 8 heteroatoms. The van der Waals surface area contributed by atoms with Crippen LogP contribution in [0, 0.1) is 5.82 Å². The Kier molecular flexibility index (Phi) is 4.35. The molecule has 7 nitrogen and oxygen atoms in total. The summed E-state index contributed by atoms with van der Waals surface area (Å²) < 4.78 is 19.4. The summed E-state index contributed by atoms with van der Waals surface area (Å²) in [6, 6.07) is 3.72. The van der Waals surface area contributed by atoms with Crippen molar-refractivity contribution in [1.29, 1.82) is 0 Å². The molecule has 2 N–H and O–H groups in total. The van der Waals surface area contributed by atoms with Crippen molar-refractivity contribution in [2.75, 3.05) is 12.4 Å². The van der Waals surface area contributed by atoms with Crippen molar-refractivity contribution in [3.8, 4) is 5.75 Å². The monoisotopic (exact) mass is 321 g/mol. The van der Waals surface area contributed by atoms with E-state index in [4.69, 9.17) is 9.84 Å². The van der Waals surface area contributed by atoms with E-state index < -0.39 is 23.2 Å². The molecular formula is C15H16FN3O4. The quantitative estimate of drug-likeness (QED) is 0.879. The summed E-state index contributed by atoms with van der Waals surface area (Å²) in [6.45, 7) is 2.97. The SMILES string of the molecule is COc1cc(C(=O)Nc2cnn(C(C)(C)C(=O)O)c2)ccc1F. The number of anilines is 1. The van der Waals surface area contributed by atoms with Gasteiger partial charge in [-0.2, -0.15) is 5.10 Å². The first-order chi connectivity index (χ1) is 10.8. The number of hydrogen-bond acceptors (Lipinski definition) is 4. The lowest BCUT2D eigenvalue weighted by atomic mass is 10.1. The van der Waals surface area contributed by atoms with Crippen LogP contribution in [0.2, 0.25) is 0 Å². The lowest BCUT2D eigenvalue weighted by Gasteiger charge is -2.19. The summed E-state index contributed by atoms with van der Waals surface area (Å²) in [5.41, 5.74) is -0.719. The third-order valence-electron chi connectivity index (χ3n) is 3.35. The van der Waals surface area contributed by atoms with Crippen LogP contribution in [0.25, 0.3) is 0 Å². The number of nitrogens with zero attached hydrogens (tertiary/aromatic N) is 2. The number of carbonyl (C=O) groups is 2. The summed E-state index contributed by atoms with van der Waals surface area (Å²) in [7, 11) is 1.30. The third kappa shape index (κ3) is 3.31. The number of halogens is 1. The second-order valence-electron chi connectivity index (χ2n) is 5.34. The highest BCUT2D eigenvalue weighted by atomic mass is 19.1. The summed E-state index contributed by atoms with van der Waals surface area (Å²) in [4.78, 5) is 23.3. The predicted molar refractivity (Wildman–Crippen MR) is 80.1 cm³/mol. The highest BCUT2D eigenvalue weighted by Gasteiger charge is 2.30. The zero-order chi connectivity index (χ0) is 17.2. The number of aliphatic carboxylic acids is 1. The molecule has 0 fully saturated rings. The van der Waals surface area contributed by atoms with Gasteiger partial charge in [0.2, 0.25) is 0 Å². The van der Waals surface area contributed by atoms with Crippen molar-refractivity contribution < 1.29 is 23.8 Å². The average Bonchev–Trinajstić information content (AvgIpc) is 2.96. The van der Waals surface area contributed by atoms with Crippen LogP contribution in [0.15, 0.2) is 30.6 Å². The molecule has 0 aliphatic carbocycles. The van der Waals surface area contributed by atoms with Crippen molar-refractivity contribution in [1.82, 2.24) is 9.78 Å². The molecule has 0 spiro atoms. The maximum absolute atomic E-state index is 13.3. The van der Waals surface area contributed by atoms with Crippen molar-refractivity contribution in [3.05, 3.63) is 42.0 Å². The summed E-state index contributed by atoms with van der Waals surface area (Å²) in [5, 5.41) is 15.7. The Bertz CT molecular complexity index is 755. The second kappa shape index (κ2) is 6.07. The van der Waals surface area contributed by atoms with Gasteiger partial charge in [-0.1, -0.05) is 0 Å². The Balaban J connectivity index is 2.18. The number of methoxy groups -OCH3 is 1. The van der Waals surface area contributed by atoms with Crippen LogP contribution in [0.1, 0.15) is 24.2 Å². The molecule has 1 amide bonds. The van der Waals surface area contributed by atoms with E-state index >= 15 is 0 Å². The van der Waals surface area contributed by atoms with Gasteiger partial charge in [-0.25, -0.2) is 9.18 Å². The summed E-state index contributed by atoms with van der Waals surface area (Å²) >= 11 is 0. The molecule has 0 atom stereocenters. The van der Waals surface area contributed by atoms with E-state index in [-0.39, 0.29) is 11.3 Å². The fourth-order valence-electron chi connectivity index (χ4n) is 1.80. The van der Waals surface area contributed by atoms with Gasteiger partial charge in [-0.15, -0.1) is 0 Å². The van der Waals surface area contributed by atoms with Gasteiger partial charge >= 0.3 is 5.97 Å². The Hall–Kier alpha value is -2.90. The number of carboxylic acids is 1. The molecular weight excluding hydrogens is 305 g/mol. The van der Waals surface area contributed by atoms with Crippen molar-refractivity contribution in [2.24, 2.45) is 0 Å². The van der Waals surface area contributed by atoms with Gasteiger partial charge < -0.3 is 15.2 Å². The number of rotatable bonds is 5. The molecule has 1 heterocycles. The second-order valence-corrected chi connectivity index (χ2v) is 5.34. The number of amides is 1. The van der Waals surface area contributed by atoms with E-state index in [0.717, 1.165) is 6.07 Å². The Labute approximate surface area is 131 Å². The Morgan fingerprint density at radius 3 is 2.70 bits per heavy atom. The lowest BCUT2D eigenvalue weighted by Crippen LogP contribution is -2.35. The van der Waals surface area contributed by atoms with Gasteiger partial charge in [0.25, 0.3) is 5.91 Å². The molecule has 0 saturated carbocycles. The maximum atomic E-state index is 13.3. The van der Waals surface area contributed by atoms with Gasteiger partial charge in [0.05, 0.1) is 19.0 Å². The van der Waals surface area contributed by atoms with Crippen molar-refractivity contribution >= 4 is 17.6 Å². The van der Waals surface area contributed by atoms with E-state index in [1.165, 1.54) is 50.2 Å². The van der Waals surface area contributed by atoms with Crippen LogP contribution >= 0.6 is 0 Å². The van der Waals surface area contributed by atoms with Crippen LogP contribution in [0.5, 0.6) is 5.75 Å². The summed E-state index contributed by atoms with van der Waals surface area (Å²) in [6.07, 6.45) is 2.75. The number of aromatic nitrogens is 2. The zero-order valence-electron chi connectivity index (χ0n) is 12.8. The van der Waals surface area contributed by atoms with Gasteiger partial charge in [-0.05, 0) is 32.0 Å². The van der Waals surface area contributed by atoms with Gasteiger partial charge in [0, 0.05) is 11.8 Å². The highest BCUT2D eigenvalue weighted by Crippen LogP contribution is 2.20. The molecule has 1 aromatic heterocycles. The smallest absolute Gasteiger partial charge is 0.331 e. The fraction of sp³-hybridized carbons (Fsp3) is 0.267. The first kappa shape index (κ1) is 16.5. The molecule has 0 saturated heterocycles. The van der Waals surface area contributed by atoms with E-state index in [0.29, 0.717) is 5.69 Å². The minimum Gasteiger partial charge on any atom is -0.494 e. The minimum absolute atomic E-state index is 0.0413. The number of ether oxygens (including phenoxy) is 1. The van der Waals surface area contributed by atoms with Crippen LogP contribution in [-0.2, 0) is 10.3 Å². The largest absolute Gasteiger partial charge is 0.494 e. The molecule has 0 unspecified atom stereocenters. The molecule has 2 aromatic rings. The minimum atomic E-state index is -1.25. The molecule has 1 aromatic carbocycles. The molecule has 0 aliphatic heterocycles. The van der Waals surface area contributed by atoms with E-state index in [2.05, 4.69) is 10.4 Å². The van der Waals surface area contributed by atoms with Crippen molar-refractivity contribution in [2.45, 2.75) is 19.4 Å². The van der Waals surface area contributed by atoms with Crippen molar-refractivity contribution in [3.63, 3.8) is 0 Å².